The van der Waals surface area contributed by atoms with Gasteiger partial charge in [-0.15, -0.1) is 0 Å². The van der Waals surface area contributed by atoms with Crippen molar-refractivity contribution >= 4 is 11.6 Å². The van der Waals surface area contributed by atoms with Crippen molar-refractivity contribution in [2.45, 2.75) is 19.1 Å². The van der Waals surface area contributed by atoms with E-state index in [0.29, 0.717) is 10.7 Å². The molecule has 0 radical (unpaired) electrons. The molecule has 0 aliphatic rings. The van der Waals surface area contributed by atoms with Gasteiger partial charge in [0.25, 0.3) is 0 Å². The fraction of sp³-hybridized carbons (Fsp3) is 0.444. The van der Waals surface area contributed by atoms with Crippen LogP contribution in [0.15, 0.2) is 12.3 Å². The van der Waals surface area contributed by atoms with Crippen molar-refractivity contribution in [1.29, 1.82) is 0 Å². The van der Waals surface area contributed by atoms with Crippen molar-refractivity contribution in [2.24, 2.45) is 0 Å². The number of aromatic nitrogens is 1. The molecular weight excluding hydrogens is 206 g/mol. The van der Waals surface area contributed by atoms with Crippen LogP contribution >= 0.6 is 11.6 Å². The van der Waals surface area contributed by atoms with Gasteiger partial charge in [0.1, 0.15) is 17.4 Å². The van der Waals surface area contributed by atoms with Crippen molar-refractivity contribution in [2.75, 3.05) is 6.61 Å². The van der Waals surface area contributed by atoms with Crippen LogP contribution in [0.4, 0.5) is 0 Å². The number of hydrogen-bond donors (Lipinski definition) is 3. The molecular formula is C9H12ClNO3. The van der Waals surface area contributed by atoms with Gasteiger partial charge in [0, 0.05) is 11.8 Å². The van der Waals surface area contributed by atoms with E-state index in [-0.39, 0.29) is 0 Å². The second-order valence-electron chi connectivity index (χ2n) is 3.06. The van der Waals surface area contributed by atoms with E-state index in [2.05, 4.69) is 4.98 Å². The Labute approximate surface area is 86.8 Å². The summed E-state index contributed by atoms with van der Waals surface area (Å²) < 4.78 is 0. The smallest absolute Gasteiger partial charge is 0.129 e. The molecule has 0 bridgehead atoms. The van der Waals surface area contributed by atoms with Gasteiger partial charge in [0.15, 0.2) is 0 Å². The van der Waals surface area contributed by atoms with Crippen LogP contribution in [0.2, 0.25) is 5.15 Å². The lowest BCUT2D eigenvalue weighted by atomic mass is 10.0. The van der Waals surface area contributed by atoms with Gasteiger partial charge in [-0.1, -0.05) is 11.6 Å². The van der Waals surface area contributed by atoms with E-state index < -0.39 is 18.8 Å². The second kappa shape index (κ2) is 4.70. The maximum absolute atomic E-state index is 9.57. The molecule has 78 valence electrons. The minimum atomic E-state index is -1.20. The molecule has 0 spiro atoms. The summed E-state index contributed by atoms with van der Waals surface area (Å²) >= 11 is 5.63. The Morgan fingerprint density at radius 2 is 2.14 bits per heavy atom. The number of pyridine rings is 1. The number of aryl methyl sites for hydroxylation is 1. The zero-order chi connectivity index (χ0) is 10.7. The number of aliphatic hydroxyl groups excluding tert-OH is 3. The van der Waals surface area contributed by atoms with Crippen LogP contribution in [0, 0.1) is 6.92 Å². The maximum Gasteiger partial charge on any atom is 0.129 e. The van der Waals surface area contributed by atoms with E-state index in [4.69, 9.17) is 16.7 Å². The third-order valence-electron chi connectivity index (χ3n) is 1.99. The molecule has 0 amide bonds. The molecule has 5 heteroatoms. The van der Waals surface area contributed by atoms with Crippen LogP contribution in [0.1, 0.15) is 17.2 Å². The van der Waals surface area contributed by atoms with Crippen molar-refractivity contribution in [3.05, 3.63) is 28.5 Å². The third-order valence-corrected chi connectivity index (χ3v) is 2.19. The van der Waals surface area contributed by atoms with Gasteiger partial charge in [0.05, 0.1) is 6.61 Å². The van der Waals surface area contributed by atoms with E-state index in [0.717, 1.165) is 5.56 Å². The summed E-state index contributed by atoms with van der Waals surface area (Å²) in [4.78, 5) is 3.79. The molecule has 3 N–H and O–H groups in total. The highest BCUT2D eigenvalue weighted by Crippen LogP contribution is 2.21. The number of aliphatic hydroxyl groups is 3. The average Bonchev–Trinajstić information content (AvgIpc) is 2.15. The highest BCUT2D eigenvalue weighted by molar-refractivity contribution is 6.29. The van der Waals surface area contributed by atoms with Gasteiger partial charge in [0.2, 0.25) is 0 Å². The Hall–Kier alpha value is -0.680. The van der Waals surface area contributed by atoms with Crippen LogP contribution in [0.25, 0.3) is 0 Å². The van der Waals surface area contributed by atoms with Crippen molar-refractivity contribution < 1.29 is 15.3 Å². The van der Waals surface area contributed by atoms with Crippen LogP contribution in [0.5, 0.6) is 0 Å². The van der Waals surface area contributed by atoms with E-state index in [9.17, 15) is 10.2 Å². The van der Waals surface area contributed by atoms with E-state index in [1.54, 1.807) is 13.0 Å². The predicted octanol–water partition coefficient (Wildman–Crippen LogP) is 0.430. The lowest BCUT2D eigenvalue weighted by Crippen LogP contribution is -2.22. The fourth-order valence-corrected chi connectivity index (χ4v) is 1.36. The molecule has 14 heavy (non-hydrogen) atoms. The highest BCUT2D eigenvalue weighted by atomic mass is 35.5. The summed E-state index contributed by atoms with van der Waals surface area (Å²) in [6.07, 6.45) is -0.942. The third kappa shape index (κ3) is 2.42. The lowest BCUT2D eigenvalue weighted by molar-refractivity contribution is -0.0156. The molecule has 4 nitrogen and oxygen atoms in total. The summed E-state index contributed by atoms with van der Waals surface area (Å²) in [7, 11) is 0. The summed E-state index contributed by atoms with van der Waals surface area (Å²) in [5, 5.41) is 27.8. The molecule has 1 aromatic heterocycles. The standard InChI is InChI=1S/C9H12ClNO3/c1-5-2-8(10)11-3-6(5)9(14)7(13)4-12/h2-3,7,9,12-14H,4H2,1H3. The molecule has 0 aromatic carbocycles. The molecule has 2 unspecified atom stereocenters. The number of nitrogens with zero attached hydrogens (tertiary/aromatic N) is 1. The lowest BCUT2D eigenvalue weighted by Gasteiger charge is -2.17. The first-order valence-corrected chi connectivity index (χ1v) is 4.53. The van der Waals surface area contributed by atoms with Gasteiger partial charge in [-0.25, -0.2) is 4.98 Å². The zero-order valence-corrected chi connectivity index (χ0v) is 8.44. The predicted molar refractivity (Wildman–Crippen MR) is 52.0 cm³/mol. The summed E-state index contributed by atoms with van der Waals surface area (Å²) in [6, 6.07) is 1.59. The number of halogens is 1. The Balaban J connectivity index is 2.95. The Morgan fingerprint density at radius 3 is 2.64 bits per heavy atom. The van der Waals surface area contributed by atoms with E-state index in [1.807, 2.05) is 0 Å². The SMILES string of the molecule is Cc1cc(Cl)ncc1C(O)C(O)CO. The van der Waals surface area contributed by atoms with Crippen molar-refractivity contribution in [1.82, 2.24) is 4.98 Å². The van der Waals surface area contributed by atoms with Gasteiger partial charge in [-0.05, 0) is 18.6 Å². The minimum Gasteiger partial charge on any atom is -0.394 e. The normalized spacial score (nSPS) is 15.2. The van der Waals surface area contributed by atoms with Gasteiger partial charge in [-0.2, -0.15) is 0 Å². The molecule has 1 heterocycles. The van der Waals surface area contributed by atoms with E-state index in [1.165, 1.54) is 6.20 Å². The van der Waals surface area contributed by atoms with Crippen molar-refractivity contribution in [3.63, 3.8) is 0 Å². The molecule has 0 saturated heterocycles. The topological polar surface area (TPSA) is 73.6 Å². The van der Waals surface area contributed by atoms with Crippen LogP contribution in [-0.4, -0.2) is 33.0 Å². The fourth-order valence-electron chi connectivity index (χ4n) is 1.15. The molecule has 0 aliphatic carbocycles. The maximum atomic E-state index is 9.57. The highest BCUT2D eigenvalue weighted by Gasteiger charge is 2.19. The van der Waals surface area contributed by atoms with Gasteiger partial charge in [-0.3, -0.25) is 0 Å². The molecule has 2 atom stereocenters. The Morgan fingerprint density at radius 1 is 1.50 bits per heavy atom. The zero-order valence-electron chi connectivity index (χ0n) is 7.68. The molecule has 1 rings (SSSR count). The number of hydrogen-bond acceptors (Lipinski definition) is 4. The molecule has 0 aliphatic heterocycles. The van der Waals surface area contributed by atoms with Crippen LogP contribution in [0.3, 0.4) is 0 Å². The van der Waals surface area contributed by atoms with Gasteiger partial charge >= 0.3 is 0 Å². The Kier molecular flexibility index (Phi) is 3.83. The molecule has 0 fully saturated rings. The summed E-state index contributed by atoms with van der Waals surface area (Å²) in [5.74, 6) is 0. The first-order chi connectivity index (χ1) is 6.56. The monoisotopic (exact) mass is 217 g/mol. The number of rotatable bonds is 3. The van der Waals surface area contributed by atoms with Crippen LogP contribution in [-0.2, 0) is 0 Å². The van der Waals surface area contributed by atoms with Crippen molar-refractivity contribution in [3.8, 4) is 0 Å². The second-order valence-corrected chi connectivity index (χ2v) is 3.45. The first-order valence-electron chi connectivity index (χ1n) is 4.15. The summed E-state index contributed by atoms with van der Waals surface area (Å²) in [5.41, 5.74) is 1.20. The van der Waals surface area contributed by atoms with E-state index >= 15 is 0 Å². The molecule has 0 saturated carbocycles. The van der Waals surface area contributed by atoms with Crippen LogP contribution < -0.4 is 0 Å². The Bertz CT molecular complexity index is 319. The summed E-state index contributed by atoms with van der Waals surface area (Å²) in [6.45, 7) is 1.25. The quantitative estimate of drug-likeness (QED) is 0.642. The minimum absolute atomic E-state index is 0.330. The largest absolute Gasteiger partial charge is 0.394 e. The first kappa shape index (κ1) is 11.4. The van der Waals surface area contributed by atoms with Gasteiger partial charge < -0.3 is 15.3 Å². The average molecular weight is 218 g/mol. The molecule has 1 aromatic rings.